The molecule has 0 spiro atoms. The maximum atomic E-state index is 5.53. The summed E-state index contributed by atoms with van der Waals surface area (Å²) in [6.07, 6.45) is 5.17. The van der Waals surface area contributed by atoms with Crippen molar-refractivity contribution >= 4 is 0 Å². The van der Waals surface area contributed by atoms with Crippen LogP contribution in [0.2, 0.25) is 0 Å². The van der Waals surface area contributed by atoms with Crippen LogP contribution in [0.1, 0.15) is 17.4 Å². The molecule has 0 aliphatic carbocycles. The number of rotatable bonds is 3. The summed E-state index contributed by atoms with van der Waals surface area (Å²) in [6.45, 7) is 0. The van der Waals surface area contributed by atoms with E-state index in [0.717, 1.165) is 11.4 Å². The van der Waals surface area contributed by atoms with Gasteiger partial charge in [-0.15, -0.1) is 5.10 Å². The van der Waals surface area contributed by atoms with Crippen LogP contribution < -0.4 is 11.3 Å². The normalized spacial score (nSPS) is 13.0. The molecule has 0 amide bonds. The van der Waals surface area contributed by atoms with Crippen molar-refractivity contribution in [2.75, 3.05) is 0 Å². The first-order chi connectivity index (χ1) is 7.24. The highest BCUT2D eigenvalue weighted by Gasteiger charge is 2.19. The van der Waals surface area contributed by atoms with Crippen molar-refractivity contribution in [2.24, 2.45) is 19.9 Å². The van der Waals surface area contributed by atoms with Crippen LogP contribution in [0.25, 0.3) is 0 Å². The number of nitrogens with two attached hydrogens (primary N) is 1. The second-order valence-electron chi connectivity index (χ2n) is 3.31. The Morgan fingerprint density at radius 1 is 1.33 bits per heavy atom. The Balaban J connectivity index is 2.41. The summed E-state index contributed by atoms with van der Waals surface area (Å²) >= 11 is 0. The summed E-state index contributed by atoms with van der Waals surface area (Å²) in [5.41, 5.74) is 4.58. The Hall–Kier alpha value is -1.73. The number of hydrogen-bond acceptors (Lipinski definition) is 5. The first-order valence-corrected chi connectivity index (χ1v) is 4.51. The minimum absolute atomic E-state index is 0.155. The molecule has 3 N–H and O–H groups in total. The summed E-state index contributed by atoms with van der Waals surface area (Å²) in [6, 6.07) is -0.155. The Morgan fingerprint density at radius 3 is 2.60 bits per heavy atom. The SMILES string of the molecule is Cn1cncc1C(NN)c1cnnn1C. The van der Waals surface area contributed by atoms with Gasteiger partial charge in [-0.25, -0.2) is 10.4 Å². The van der Waals surface area contributed by atoms with Crippen LogP contribution in [0.15, 0.2) is 18.7 Å². The smallest absolute Gasteiger partial charge is 0.106 e. The third-order valence-electron chi connectivity index (χ3n) is 2.36. The summed E-state index contributed by atoms with van der Waals surface area (Å²) in [5, 5.41) is 7.68. The summed E-state index contributed by atoms with van der Waals surface area (Å²) in [5.74, 6) is 5.53. The van der Waals surface area contributed by atoms with Crippen LogP contribution in [0.4, 0.5) is 0 Å². The minimum Gasteiger partial charge on any atom is -0.336 e. The first-order valence-electron chi connectivity index (χ1n) is 4.51. The van der Waals surface area contributed by atoms with Crippen molar-refractivity contribution in [1.82, 2.24) is 30.0 Å². The highest BCUT2D eigenvalue weighted by molar-refractivity contribution is 5.18. The van der Waals surface area contributed by atoms with Crippen LogP contribution in [0.5, 0.6) is 0 Å². The van der Waals surface area contributed by atoms with E-state index in [0.29, 0.717) is 0 Å². The zero-order valence-corrected chi connectivity index (χ0v) is 8.62. The topological polar surface area (TPSA) is 86.6 Å². The molecular weight excluding hydrogens is 194 g/mol. The number of nitrogens with one attached hydrogen (secondary N) is 1. The van der Waals surface area contributed by atoms with Crippen LogP contribution >= 0.6 is 0 Å². The van der Waals surface area contributed by atoms with Gasteiger partial charge >= 0.3 is 0 Å². The number of hydrazine groups is 1. The predicted molar refractivity (Wildman–Crippen MR) is 53.4 cm³/mol. The molecule has 2 aromatic rings. The number of hydrogen-bond donors (Lipinski definition) is 2. The van der Waals surface area contributed by atoms with Crippen molar-refractivity contribution in [2.45, 2.75) is 6.04 Å². The van der Waals surface area contributed by atoms with Gasteiger partial charge in [0.1, 0.15) is 6.04 Å². The predicted octanol–water partition coefficient (Wildman–Crippen LogP) is -0.899. The fraction of sp³-hybridized carbons (Fsp3) is 0.375. The fourth-order valence-corrected chi connectivity index (χ4v) is 1.53. The molecule has 2 rings (SSSR count). The van der Waals surface area contributed by atoms with E-state index in [1.54, 1.807) is 23.4 Å². The molecule has 0 fully saturated rings. The molecule has 0 radical (unpaired) electrons. The largest absolute Gasteiger partial charge is 0.336 e. The second-order valence-corrected chi connectivity index (χ2v) is 3.31. The number of imidazole rings is 1. The van der Waals surface area contributed by atoms with E-state index >= 15 is 0 Å². The quantitative estimate of drug-likeness (QED) is 0.503. The average Bonchev–Trinajstić information content (AvgIpc) is 2.80. The van der Waals surface area contributed by atoms with Crippen LogP contribution in [0, 0.1) is 0 Å². The van der Waals surface area contributed by atoms with E-state index in [9.17, 15) is 0 Å². The molecule has 2 aromatic heterocycles. The molecule has 0 aliphatic heterocycles. The van der Waals surface area contributed by atoms with E-state index < -0.39 is 0 Å². The van der Waals surface area contributed by atoms with Crippen molar-refractivity contribution in [3.05, 3.63) is 30.1 Å². The lowest BCUT2D eigenvalue weighted by atomic mass is 10.1. The molecule has 1 atom stereocenters. The van der Waals surface area contributed by atoms with Gasteiger partial charge in [0, 0.05) is 14.1 Å². The Labute approximate surface area is 86.9 Å². The van der Waals surface area contributed by atoms with Crippen molar-refractivity contribution in [1.29, 1.82) is 0 Å². The zero-order valence-electron chi connectivity index (χ0n) is 8.62. The highest BCUT2D eigenvalue weighted by atomic mass is 15.4. The fourth-order valence-electron chi connectivity index (χ4n) is 1.53. The number of nitrogens with zero attached hydrogens (tertiary/aromatic N) is 5. The van der Waals surface area contributed by atoms with Crippen LogP contribution in [-0.4, -0.2) is 24.5 Å². The van der Waals surface area contributed by atoms with E-state index in [2.05, 4.69) is 20.7 Å². The monoisotopic (exact) mass is 207 g/mol. The lowest BCUT2D eigenvalue weighted by Crippen LogP contribution is -2.31. The molecule has 1 unspecified atom stereocenters. The molecule has 0 bridgehead atoms. The molecule has 7 heteroatoms. The molecular formula is C8H13N7. The van der Waals surface area contributed by atoms with Crippen molar-refractivity contribution in [3.63, 3.8) is 0 Å². The van der Waals surface area contributed by atoms with Crippen molar-refractivity contribution in [3.8, 4) is 0 Å². The molecule has 2 heterocycles. The lowest BCUT2D eigenvalue weighted by molar-refractivity contribution is 0.546. The van der Waals surface area contributed by atoms with E-state index in [-0.39, 0.29) is 6.04 Å². The van der Waals surface area contributed by atoms with Crippen molar-refractivity contribution < 1.29 is 0 Å². The Kier molecular flexibility index (Phi) is 2.48. The average molecular weight is 207 g/mol. The minimum atomic E-state index is -0.155. The van der Waals surface area contributed by atoms with Gasteiger partial charge in [0.25, 0.3) is 0 Å². The Morgan fingerprint density at radius 2 is 2.13 bits per heavy atom. The van der Waals surface area contributed by atoms with Gasteiger partial charge in [-0.2, -0.15) is 0 Å². The van der Waals surface area contributed by atoms with Gasteiger partial charge in [-0.05, 0) is 0 Å². The summed E-state index contributed by atoms with van der Waals surface area (Å²) in [4.78, 5) is 4.05. The summed E-state index contributed by atoms with van der Waals surface area (Å²) in [7, 11) is 3.74. The molecule has 0 saturated carbocycles. The van der Waals surface area contributed by atoms with Gasteiger partial charge in [0.2, 0.25) is 0 Å². The third-order valence-corrected chi connectivity index (χ3v) is 2.36. The van der Waals surface area contributed by atoms with Crippen LogP contribution in [-0.2, 0) is 14.1 Å². The van der Waals surface area contributed by atoms with Gasteiger partial charge in [-0.1, -0.05) is 5.21 Å². The van der Waals surface area contributed by atoms with E-state index in [1.807, 2.05) is 18.7 Å². The van der Waals surface area contributed by atoms with Gasteiger partial charge in [-0.3, -0.25) is 10.5 Å². The number of aryl methyl sites for hydroxylation is 2. The van der Waals surface area contributed by atoms with Crippen LogP contribution in [0.3, 0.4) is 0 Å². The number of aromatic nitrogens is 5. The molecule has 80 valence electrons. The molecule has 0 aromatic carbocycles. The highest BCUT2D eigenvalue weighted by Crippen LogP contribution is 2.18. The Bertz CT molecular complexity index is 403. The molecule has 0 aliphatic rings. The third kappa shape index (κ3) is 1.62. The second kappa shape index (κ2) is 3.79. The molecule has 15 heavy (non-hydrogen) atoms. The molecule has 7 nitrogen and oxygen atoms in total. The van der Waals surface area contributed by atoms with Gasteiger partial charge < -0.3 is 4.57 Å². The van der Waals surface area contributed by atoms with E-state index in [4.69, 9.17) is 5.84 Å². The summed E-state index contributed by atoms with van der Waals surface area (Å²) < 4.78 is 3.58. The van der Waals surface area contributed by atoms with E-state index in [1.165, 1.54) is 0 Å². The first kappa shape index (κ1) is 9.81. The zero-order chi connectivity index (χ0) is 10.8. The van der Waals surface area contributed by atoms with Gasteiger partial charge in [0.05, 0.1) is 30.1 Å². The lowest BCUT2D eigenvalue weighted by Gasteiger charge is -2.15. The van der Waals surface area contributed by atoms with Gasteiger partial charge in [0.15, 0.2) is 0 Å². The maximum Gasteiger partial charge on any atom is 0.106 e. The molecule has 0 saturated heterocycles. The maximum absolute atomic E-state index is 5.53. The standard InChI is InChI=1S/C8H13N7/c1-14-5-10-3-6(14)8(12-9)7-4-11-13-15(7)2/h3-5,8,12H,9H2,1-2H3.